The standard InChI is InChI=1S/C10H12BFO3/c1-3-7(2)15-10-6-8(12)4-5-9(10)11(13)14/h3-7,13-14H,1H2,2H3. The Morgan fingerprint density at radius 3 is 2.73 bits per heavy atom. The molecule has 1 atom stereocenters. The Morgan fingerprint density at radius 1 is 1.53 bits per heavy atom. The number of rotatable bonds is 4. The van der Waals surface area contributed by atoms with Crippen LogP contribution in [0.2, 0.25) is 0 Å². The molecule has 1 aromatic carbocycles. The van der Waals surface area contributed by atoms with Gasteiger partial charge in [-0.25, -0.2) is 4.39 Å². The SMILES string of the molecule is C=CC(C)Oc1cc(F)ccc1B(O)O. The highest BCUT2D eigenvalue weighted by Crippen LogP contribution is 2.12. The molecule has 3 nitrogen and oxygen atoms in total. The fourth-order valence-corrected chi connectivity index (χ4v) is 1.07. The quantitative estimate of drug-likeness (QED) is 0.560. The van der Waals surface area contributed by atoms with Crippen LogP contribution in [0.4, 0.5) is 4.39 Å². The van der Waals surface area contributed by atoms with E-state index in [1.54, 1.807) is 6.92 Å². The van der Waals surface area contributed by atoms with Crippen molar-refractivity contribution in [3.8, 4) is 5.75 Å². The van der Waals surface area contributed by atoms with Gasteiger partial charge in [-0.15, -0.1) is 0 Å². The largest absolute Gasteiger partial charge is 0.492 e. The number of hydrogen-bond acceptors (Lipinski definition) is 3. The Morgan fingerprint density at radius 2 is 2.20 bits per heavy atom. The topological polar surface area (TPSA) is 49.7 Å². The molecule has 0 heterocycles. The molecule has 0 aromatic heterocycles. The predicted molar refractivity (Wildman–Crippen MR) is 56.5 cm³/mol. The Balaban J connectivity index is 3.01. The van der Waals surface area contributed by atoms with Crippen molar-refractivity contribution in [3.05, 3.63) is 36.7 Å². The maximum absolute atomic E-state index is 12.9. The number of halogens is 1. The molecule has 1 rings (SSSR count). The van der Waals surface area contributed by atoms with Gasteiger partial charge in [-0.2, -0.15) is 0 Å². The van der Waals surface area contributed by atoms with E-state index in [1.165, 1.54) is 12.1 Å². The average Bonchev–Trinajstić information content (AvgIpc) is 2.17. The summed E-state index contributed by atoms with van der Waals surface area (Å²) in [6, 6.07) is 3.51. The highest BCUT2D eigenvalue weighted by atomic mass is 19.1. The van der Waals surface area contributed by atoms with Gasteiger partial charge in [-0.1, -0.05) is 18.7 Å². The molecule has 0 saturated heterocycles. The van der Waals surface area contributed by atoms with E-state index in [0.29, 0.717) is 0 Å². The molecule has 0 radical (unpaired) electrons. The van der Waals surface area contributed by atoms with Crippen molar-refractivity contribution >= 4 is 12.6 Å². The smallest absolute Gasteiger partial charge is 0.487 e. The zero-order chi connectivity index (χ0) is 11.4. The van der Waals surface area contributed by atoms with Gasteiger partial charge in [0.2, 0.25) is 0 Å². The monoisotopic (exact) mass is 210 g/mol. The van der Waals surface area contributed by atoms with Crippen LogP contribution in [-0.4, -0.2) is 23.3 Å². The second-order valence-electron chi connectivity index (χ2n) is 3.11. The van der Waals surface area contributed by atoms with E-state index < -0.39 is 12.9 Å². The average molecular weight is 210 g/mol. The highest BCUT2D eigenvalue weighted by Gasteiger charge is 2.18. The van der Waals surface area contributed by atoms with E-state index in [4.69, 9.17) is 14.8 Å². The lowest BCUT2D eigenvalue weighted by Crippen LogP contribution is -2.32. The minimum Gasteiger partial charge on any atom is -0.487 e. The molecule has 5 heteroatoms. The van der Waals surface area contributed by atoms with Gasteiger partial charge in [0.25, 0.3) is 0 Å². The molecule has 1 unspecified atom stereocenters. The summed E-state index contributed by atoms with van der Waals surface area (Å²) in [5.74, 6) is -0.386. The lowest BCUT2D eigenvalue weighted by molar-refractivity contribution is 0.270. The third kappa shape index (κ3) is 3.07. The molecule has 0 fully saturated rings. The maximum atomic E-state index is 12.9. The molecule has 0 aliphatic rings. The molecule has 0 amide bonds. The van der Waals surface area contributed by atoms with Crippen LogP contribution in [0.25, 0.3) is 0 Å². The van der Waals surface area contributed by atoms with Crippen LogP contribution in [0.1, 0.15) is 6.92 Å². The van der Waals surface area contributed by atoms with Crippen molar-refractivity contribution in [3.63, 3.8) is 0 Å². The molecule has 0 saturated carbocycles. The number of hydrogen-bond donors (Lipinski definition) is 2. The van der Waals surface area contributed by atoms with Gasteiger partial charge >= 0.3 is 7.12 Å². The van der Waals surface area contributed by atoms with E-state index in [0.717, 1.165) is 12.1 Å². The van der Waals surface area contributed by atoms with Crippen molar-refractivity contribution in [1.29, 1.82) is 0 Å². The zero-order valence-corrected chi connectivity index (χ0v) is 8.35. The second kappa shape index (κ2) is 4.95. The third-order valence-corrected chi connectivity index (χ3v) is 1.90. The molecule has 0 bridgehead atoms. The first-order chi connectivity index (χ1) is 7.04. The zero-order valence-electron chi connectivity index (χ0n) is 8.35. The van der Waals surface area contributed by atoms with Gasteiger partial charge in [0.05, 0.1) is 0 Å². The molecule has 80 valence electrons. The molecular weight excluding hydrogens is 198 g/mol. The van der Waals surface area contributed by atoms with Crippen molar-refractivity contribution in [1.82, 2.24) is 0 Å². The third-order valence-electron chi connectivity index (χ3n) is 1.90. The minimum atomic E-state index is -1.68. The first kappa shape index (κ1) is 11.7. The molecule has 15 heavy (non-hydrogen) atoms. The second-order valence-corrected chi connectivity index (χ2v) is 3.11. The van der Waals surface area contributed by atoms with Crippen LogP contribution in [0.15, 0.2) is 30.9 Å². The summed E-state index contributed by atoms with van der Waals surface area (Å²) in [5.41, 5.74) is 0.130. The van der Waals surface area contributed by atoms with Crippen molar-refractivity contribution in [2.45, 2.75) is 13.0 Å². The predicted octanol–water partition coefficient (Wildman–Crippen LogP) is 0.459. The summed E-state index contributed by atoms with van der Waals surface area (Å²) in [4.78, 5) is 0. The number of ether oxygens (including phenoxy) is 1. The van der Waals surface area contributed by atoms with Crippen LogP contribution >= 0.6 is 0 Å². The first-order valence-electron chi connectivity index (χ1n) is 4.49. The lowest BCUT2D eigenvalue weighted by atomic mass is 9.79. The van der Waals surface area contributed by atoms with Gasteiger partial charge in [0.1, 0.15) is 17.7 Å². The van der Waals surface area contributed by atoms with Gasteiger partial charge in [0.15, 0.2) is 0 Å². The summed E-state index contributed by atoms with van der Waals surface area (Å²) in [6.07, 6.45) is 1.20. The Labute approximate surface area is 88.0 Å². The summed E-state index contributed by atoms with van der Waals surface area (Å²) in [5, 5.41) is 18.0. The molecule has 2 N–H and O–H groups in total. The molecule has 1 aromatic rings. The van der Waals surface area contributed by atoms with E-state index in [1.807, 2.05) is 0 Å². The van der Waals surface area contributed by atoms with Crippen LogP contribution < -0.4 is 10.2 Å². The van der Waals surface area contributed by atoms with Gasteiger partial charge in [-0.3, -0.25) is 0 Å². The van der Waals surface area contributed by atoms with Crippen molar-refractivity contribution in [2.24, 2.45) is 0 Å². The van der Waals surface area contributed by atoms with Crippen LogP contribution in [-0.2, 0) is 0 Å². The van der Waals surface area contributed by atoms with Crippen LogP contribution in [0.3, 0.4) is 0 Å². The van der Waals surface area contributed by atoms with Crippen LogP contribution in [0.5, 0.6) is 5.75 Å². The fourth-order valence-electron chi connectivity index (χ4n) is 1.07. The maximum Gasteiger partial charge on any atom is 0.492 e. The van der Waals surface area contributed by atoms with E-state index in [2.05, 4.69) is 6.58 Å². The van der Waals surface area contributed by atoms with Gasteiger partial charge in [0, 0.05) is 11.5 Å². The van der Waals surface area contributed by atoms with Gasteiger partial charge in [-0.05, 0) is 13.0 Å². The Kier molecular flexibility index (Phi) is 3.88. The van der Waals surface area contributed by atoms with E-state index >= 15 is 0 Å². The van der Waals surface area contributed by atoms with Crippen LogP contribution in [0, 0.1) is 5.82 Å². The highest BCUT2D eigenvalue weighted by molar-refractivity contribution is 6.59. The lowest BCUT2D eigenvalue weighted by Gasteiger charge is -2.14. The Bertz CT molecular complexity index is 355. The normalized spacial score (nSPS) is 12.0. The summed E-state index contributed by atoms with van der Waals surface area (Å²) < 4.78 is 18.2. The van der Waals surface area contributed by atoms with Crippen molar-refractivity contribution in [2.75, 3.05) is 0 Å². The van der Waals surface area contributed by atoms with E-state index in [9.17, 15) is 4.39 Å². The molecule has 0 spiro atoms. The molecule has 0 aliphatic carbocycles. The summed E-state index contributed by atoms with van der Waals surface area (Å²) in [6.45, 7) is 5.22. The summed E-state index contributed by atoms with van der Waals surface area (Å²) in [7, 11) is -1.68. The Hall–Kier alpha value is -1.33. The minimum absolute atomic E-state index is 0.109. The van der Waals surface area contributed by atoms with Crippen molar-refractivity contribution < 1.29 is 19.2 Å². The van der Waals surface area contributed by atoms with Gasteiger partial charge < -0.3 is 14.8 Å². The fraction of sp³-hybridized carbons (Fsp3) is 0.200. The van der Waals surface area contributed by atoms with E-state index in [-0.39, 0.29) is 17.3 Å². The molecule has 0 aliphatic heterocycles. The molecular formula is C10H12BFO3. The first-order valence-corrected chi connectivity index (χ1v) is 4.49. The number of benzene rings is 1. The summed E-state index contributed by atoms with van der Waals surface area (Å²) >= 11 is 0.